The van der Waals surface area contributed by atoms with Crippen LogP contribution in [0.3, 0.4) is 0 Å². The van der Waals surface area contributed by atoms with Crippen molar-refractivity contribution in [3.05, 3.63) is 88.2 Å². The lowest BCUT2D eigenvalue weighted by molar-refractivity contribution is -0.117. The first-order valence-corrected chi connectivity index (χ1v) is 13.0. The molecule has 0 bridgehead atoms. The zero-order chi connectivity index (χ0) is 25.2. The minimum atomic E-state index is 0.0685. The van der Waals surface area contributed by atoms with Crippen molar-refractivity contribution in [1.82, 2.24) is 9.55 Å². The van der Waals surface area contributed by atoms with E-state index >= 15 is 0 Å². The van der Waals surface area contributed by atoms with Crippen molar-refractivity contribution < 1.29 is 9.53 Å². The Labute approximate surface area is 217 Å². The number of halogens is 1. The average molecular weight is 502 g/mol. The van der Waals surface area contributed by atoms with Crippen LogP contribution in [0.5, 0.6) is 5.75 Å². The largest absolute Gasteiger partial charge is 0.494 e. The van der Waals surface area contributed by atoms with Crippen molar-refractivity contribution in [3.63, 3.8) is 0 Å². The van der Waals surface area contributed by atoms with Crippen molar-refractivity contribution in [2.75, 3.05) is 18.1 Å². The molecule has 1 unspecified atom stereocenters. The van der Waals surface area contributed by atoms with E-state index in [2.05, 4.69) is 54.8 Å². The Bertz CT molecular complexity index is 1390. The molecule has 36 heavy (non-hydrogen) atoms. The molecule has 0 radical (unpaired) electrons. The second-order valence-electron chi connectivity index (χ2n) is 9.83. The Balaban J connectivity index is 1.29. The molecule has 1 atom stereocenters. The van der Waals surface area contributed by atoms with Crippen molar-refractivity contribution in [2.45, 2.75) is 52.5 Å². The van der Waals surface area contributed by atoms with E-state index < -0.39 is 0 Å². The van der Waals surface area contributed by atoms with Gasteiger partial charge in [-0.2, -0.15) is 0 Å². The molecule has 4 aromatic rings. The second-order valence-corrected chi connectivity index (χ2v) is 10.2. The summed E-state index contributed by atoms with van der Waals surface area (Å²) in [6.45, 7) is 8.27. The smallest absolute Gasteiger partial charge is 0.227 e. The predicted octanol–water partition coefficient (Wildman–Crippen LogP) is 6.99. The molecule has 6 heteroatoms. The molecule has 1 amide bonds. The number of rotatable bonds is 8. The molecule has 0 saturated carbocycles. The summed E-state index contributed by atoms with van der Waals surface area (Å²) in [6, 6.07) is 20.3. The van der Waals surface area contributed by atoms with Gasteiger partial charge in [0, 0.05) is 36.1 Å². The van der Waals surface area contributed by atoms with Crippen LogP contribution in [0.15, 0.2) is 60.7 Å². The molecule has 1 aromatic heterocycles. The third kappa shape index (κ3) is 5.12. The van der Waals surface area contributed by atoms with Crippen LogP contribution in [0, 0.1) is 20.8 Å². The quantitative estimate of drug-likeness (QED) is 0.244. The summed E-state index contributed by atoms with van der Waals surface area (Å²) >= 11 is 6.12. The molecule has 186 valence electrons. The van der Waals surface area contributed by atoms with Gasteiger partial charge in [-0.3, -0.25) is 4.79 Å². The number of ether oxygens (including phenoxy) is 1. The topological polar surface area (TPSA) is 47.4 Å². The maximum atomic E-state index is 13.1. The van der Waals surface area contributed by atoms with Crippen LogP contribution < -0.4 is 9.64 Å². The highest BCUT2D eigenvalue weighted by atomic mass is 35.5. The number of aromatic nitrogens is 2. The summed E-state index contributed by atoms with van der Waals surface area (Å²) in [5, 5.41) is 0.753. The number of anilines is 1. The number of carbonyl (C=O) groups excluding carboxylic acids is 1. The van der Waals surface area contributed by atoms with E-state index in [0.717, 1.165) is 58.3 Å². The monoisotopic (exact) mass is 501 g/mol. The number of amides is 1. The molecule has 0 aliphatic carbocycles. The van der Waals surface area contributed by atoms with Crippen LogP contribution >= 0.6 is 11.6 Å². The molecule has 2 heterocycles. The molecule has 1 saturated heterocycles. The molecule has 1 aliphatic heterocycles. The van der Waals surface area contributed by atoms with Gasteiger partial charge in [0.15, 0.2) is 0 Å². The van der Waals surface area contributed by atoms with Gasteiger partial charge in [0.1, 0.15) is 11.6 Å². The number of fused-ring (bicyclic) bond motifs is 1. The Morgan fingerprint density at radius 2 is 1.78 bits per heavy atom. The lowest BCUT2D eigenvalue weighted by Gasteiger charge is -2.19. The molecular weight excluding hydrogens is 470 g/mol. The van der Waals surface area contributed by atoms with E-state index in [0.29, 0.717) is 19.6 Å². The number of nitrogens with zero attached hydrogens (tertiary/aromatic N) is 3. The summed E-state index contributed by atoms with van der Waals surface area (Å²) < 4.78 is 8.25. The number of carbonyl (C=O) groups is 1. The summed E-state index contributed by atoms with van der Waals surface area (Å²) in [5.74, 6) is 2.08. The molecule has 1 fully saturated rings. The lowest BCUT2D eigenvalue weighted by Crippen LogP contribution is -2.24. The molecule has 0 N–H and O–H groups in total. The SMILES string of the molecule is Cc1cc(C)cc(N2CC(c3nc4ccccc4n3CCCCOc3ccc(Cl)c(C)c3)CC2=O)c1. The molecule has 0 spiro atoms. The van der Waals surface area contributed by atoms with E-state index in [4.69, 9.17) is 21.3 Å². The van der Waals surface area contributed by atoms with Crippen LogP contribution in [0.4, 0.5) is 5.69 Å². The van der Waals surface area contributed by atoms with Crippen LogP contribution in [-0.4, -0.2) is 28.6 Å². The summed E-state index contributed by atoms with van der Waals surface area (Å²) in [5.41, 5.74) is 6.45. The standard InChI is InChI=1S/C30H32ClN3O2/c1-20-14-21(2)16-24(15-20)34-19-23(18-29(34)35)30-32-27-8-4-5-9-28(27)33(30)12-6-7-13-36-25-10-11-26(31)22(3)17-25/h4-5,8-11,14-17,23H,6-7,12-13,18-19H2,1-3H3. The van der Waals surface area contributed by atoms with Crippen molar-refractivity contribution in [2.24, 2.45) is 0 Å². The number of hydrogen-bond donors (Lipinski definition) is 0. The van der Waals surface area contributed by atoms with Gasteiger partial charge in [-0.25, -0.2) is 4.98 Å². The highest BCUT2D eigenvalue weighted by Crippen LogP contribution is 2.34. The highest BCUT2D eigenvalue weighted by molar-refractivity contribution is 6.31. The van der Waals surface area contributed by atoms with E-state index in [1.54, 1.807) is 0 Å². The van der Waals surface area contributed by atoms with E-state index in [9.17, 15) is 4.79 Å². The van der Waals surface area contributed by atoms with Gasteiger partial charge in [-0.05, 0) is 92.8 Å². The van der Waals surface area contributed by atoms with E-state index in [-0.39, 0.29) is 11.8 Å². The van der Waals surface area contributed by atoms with Gasteiger partial charge in [0.2, 0.25) is 5.91 Å². The van der Waals surface area contributed by atoms with Gasteiger partial charge in [0.05, 0.1) is 17.6 Å². The number of unbranched alkanes of at least 4 members (excludes halogenated alkanes) is 1. The lowest BCUT2D eigenvalue weighted by atomic mass is 10.1. The van der Waals surface area contributed by atoms with Crippen molar-refractivity contribution >= 4 is 34.2 Å². The third-order valence-electron chi connectivity index (χ3n) is 6.87. The van der Waals surface area contributed by atoms with E-state index in [1.165, 1.54) is 11.1 Å². The first-order valence-electron chi connectivity index (χ1n) is 12.6. The molecule has 1 aliphatic rings. The fourth-order valence-corrected chi connectivity index (χ4v) is 5.26. The van der Waals surface area contributed by atoms with Crippen LogP contribution in [0.25, 0.3) is 11.0 Å². The minimum absolute atomic E-state index is 0.0685. The predicted molar refractivity (Wildman–Crippen MR) is 146 cm³/mol. The summed E-state index contributed by atoms with van der Waals surface area (Å²) in [6.07, 6.45) is 2.36. The molecule has 3 aromatic carbocycles. The first kappa shape index (κ1) is 24.4. The number of para-hydroxylation sites is 2. The zero-order valence-corrected chi connectivity index (χ0v) is 21.9. The molecule has 5 rings (SSSR count). The Morgan fingerprint density at radius 3 is 2.56 bits per heavy atom. The van der Waals surface area contributed by atoms with Crippen LogP contribution in [-0.2, 0) is 11.3 Å². The Kier molecular flexibility index (Phi) is 7.01. The number of aryl methyl sites for hydroxylation is 4. The molecule has 5 nitrogen and oxygen atoms in total. The number of imidazole rings is 1. The maximum Gasteiger partial charge on any atom is 0.227 e. The van der Waals surface area contributed by atoms with Crippen LogP contribution in [0.1, 0.15) is 47.7 Å². The summed E-state index contributed by atoms with van der Waals surface area (Å²) in [7, 11) is 0. The fraction of sp³-hybridized carbons (Fsp3) is 0.333. The third-order valence-corrected chi connectivity index (χ3v) is 7.29. The fourth-order valence-electron chi connectivity index (χ4n) is 5.15. The van der Waals surface area contributed by atoms with Gasteiger partial charge in [-0.1, -0.05) is 29.8 Å². The van der Waals surface area contributed by atoms with Gasteiger partial charge in [-0.15, -0.1) is 0 Å². The highest BCUT2D eigenvalue weighted by Gasteiger charge is 2.35. The van der Waals surface area contributed by atoms with Gasteiger partial charge >= 0.3 is 0 Å². The van der Waals surface area contributed by atoms with Gasteiger partial charge < -0.3 is 14.2 Å². The number of hydrogen-bond acceptors (Lipinski definition) is 3. The van der Waals surface area contributed by atoms with Gasteiger partial charge in [0.25, 0.3) is 0 Å². The minimum Gasteiger partial charge on any atom is -0.494 e. The van der Waals surface area contributed by atoms with E-state index in [1.807, 2.05) is 36.1 Å². The number of benzene rings is 3. The Hall–Kier alpha value is -3.31. The maximum absolute atomic E-state index is 13.1. The summed E-state index contributed by atoms with van der Waals surface area (Å²) in [4.78, 5) is 20.0. The van der Waals surface area contributed by atoms with Crippen molar-refractivity contribution in [1.29, 1.82) is 0 Å². The zero-order valence-electron chi connectivity index (χ0n) is 21.1. The van der Waals surface area contributed by atoms with Crippen LogP contribution in [0.2, 0.25) is 5.02 Å². The Morgan fingerprint density at radius 1 is 1.00 bits per heavy atom. The first-order chi connectivity index (χ1) is 17.4. The molecular formula is C30H32ClN3O2. The second kappa shape index (κ2) is 10.4. The van der Waals surface area contributed by atoms with Crippen molar-refractivity contribution in [3.8, 4) is 5.75 Å². The average Bonchev–Trinajstić information content (AvgIpc) is 3.41. The normalized spacial score (nSPS) is 15.7.